The number of carboxylic acid groups (broad SMARTS) is 1. The van der Waals surface area contributed by atoms with Gasteiger partial charge in [0.05, 0.1) is 17.3 Å². The summed E-state index contributed by atoms with van der Waals surface area (Å²) in [6.07, 6.45) is 0.500. The van der Waals surface area contributed by atoms with Crippen molar-refractivity contribution >= 4 is 33.5 Å². The molecule has 6 nitrogen and oxygen atoms in total. The molecule has 2 unspecified atom stereocenters. The molecule has 2 N–H and O–H groups in total. The Morgan fingerprint density at radius 1 is 1.46 bits per heavy atom. The standard InChI is InChI=1S/C15H18FNO5S2/c1-9-6-10(2-3-12(9)16)14(15(19)20)17-13(18)7-23-11-4-5-24(21,22)8-11/h2-3,6,11,14H,4-5,7-8H2,1H3,(H,17,18)(H,19,20). The van der Waals surface area contributed by atoms with Crippen LogP contribution in [0.4, 0.5) is 4.39 Å². The first-order valence-electron chi connectivity index (χ1n) is 7.28. The smallest absolute Gasteiger partial charge is 0.330 e. The summed E-state index contributed by atoms with van der Waals surface area (Å²) in [4.78, 5) is 23.4. The van der Waals surface area contributed by atoms with E-state index in [0.717, 1.165) is 6.07 Å². The molecule has 1 saturated heterocycles. The summed E-state index contributed by atoms with van der Waals surface area (Å²) in [5.41, 5.74) is 0.571. The van der Waals surface area contributed by atoms with Gasteiger partial charge in [-0.05, 0) is 30.5 Å². The largest absolute Gasteiger partial charge is 0.479 e. The molecule has 2 atom stereocenters. The van der Waals surface area contributed by atoms with E-state index in [1.54, 1.807) is 0 Å². The molecular formula is C15H18FNO5S2. The Bertz CT molecular complexity index is 750. The number of carbonyl (C=O) groups is 2. The van der Waals surface area contributed by atoms with E-state index in [4.69, 9.17) is 0 Å². The fraction of sp³-hybridized carbons (Fsp3) is 0.467. The molecule has 132 valence electrons. The van der Waals surface area contributed by atoms with Crippen molar-refractivity contribution in [2.75, 3.05) is 17.3 Å². The van der Waals surface area contributed by atoms with Crippen molar-refractivity contribution in [2.24, 2.45) is 0 Å². The quantitative estimate of drug-likeness (QED) is 0.777. The van der Waals surface area contributed by atoms with Crippen LogP contribution in [0.25, 0.3) is 0 Å². The minimum Gasteiger partial charge on any atom is -0.479 e. The number of hydrogen-bond donors (Lipinski definition) is 2. The van der Waals surface area contributed by atoms with Crippen molar-refractivity contribution in [3.8, 4) is 0 Å². The van der Waals surface area contributed by atoms with Gasteiger partial charge in [0.15, 0.2) is 15.9 Å². The van der Waals surface area contributed by atoms with Crippen molar-refractivity contribution in [3.05, 3.63) is 35.1 Å². The number of rotatable bonds is 6. The van der Waals surface area contributed by atoms with E-state index in [1.165, 1.54) is 30.8 Å². The van der Waals surface area contributed by atoms with Gasteiger partial charge in [-0.25, -0.2) is 17.6 Å². The molecule has 1 aliphatic rings. The Labute approximate surface area is 143 Å². The highest BCUT2D eigenvalue weighted by molar-refractivity contribution is 8.02. The third-order valence-electron chi connectivity index (χ3n) is 3.71. The summed E-state index contributed by atoms with van der Waals surface area (Å²) in [5.74, 6) is -2.05. The van der Waals surface area contributed by atoms with Gasteiger partial charge in [-0.1, -0.05) is 12.1 Å². The second-order valence-electron chi connectivity index (χ2n) is 5.68. The van der Waals surface area contributed by atoms with Crippen LogP contribution in [0.3, 0.4) is 0 Å². The molecule has 0 spiro atoms. The zero-order valence-corrected chi connectivity index (χ0v) is 14.6. The summed E-state index contributed by atoms with van der Waals surface area (Å²) in [5, 5.41) is 11.5. The van der Waals surface area contributed by atoms with Gasteiger partial charge in [0.1, 0.15) is 5.82 Å². The topological polar surface area (TPSA) is 101 Å². The summed E-state index contributed by atoms with van der Waals surface area (Å²) < 4.78 is 36.0. The summed E-state index contributed by atoms with van der Waals surface area (Å²) in [6, 6.07) is 2.58. The molecule has 1 heterocycles. The third-order valence-corrected chi connectivity index (χ3v) is 6.99. The molecule has 9 heteroatoms. The lowest BCUT2D eigenvalue weighted by Gasteiger charge is -2.16. The van der Waals surface area contributed by atoms with Gasteiger partial charge in [0, 0.05) is 5.25 Å². The normalized spacial score (nSPS) is 20.5. The van der Waals surface area contributed by atoms with Crippen LogP contribution in [0.1, 0.15) is 23.6 Å². The Hall–Kier alpha value is -1.61. The lowest BCUT2D eigenvalue weighted by Crippen LogP contribution is -2.35. The SMILES string of the molecule is Cc1cc(C(NC(=O)CSC2CCS(=O)(=O)C2)C(=O)O)ccc1F. The molecule has 1 amide bonds. The van der Waals surface area contributed by atoms with E-state index in [0.29, 0.717) is 12.0 Å². The second-order valence-corrected chi connectivity index (χ2v) is 9.20. The van der Waals surface area contributed by atoms with Gasteiger partial charge < -0.3 is 10.4 Å². The Balaban J connectivity index is 1.96. The van der Waals surface area contributed by atoms with Crippen molar-refractivity contribution in [1.29, 1.82) is 0 Å². The van der Waals surface area contributed by atoms with Gasteiger partial charge in [0.25, 0.3) is 0 Å². The number of aliphatic carboxylic acids is 1. The van der Waals surface area contributed by atoms with Crippen LogP contribution in [0.2, 0.25) is 0 Å². The number of carbonyl (C=O) groups excluding carboxylic acids is 1. The van der Waals surface area contributed by atoms with Gasteiger partial charge >= 0.3 is 5.97 Å². The average molecular weight is 375 g/mol. The number of carboxylic acids is 1. The van der Waals surface area contributed by atoms with E-state index in [2.05, 4.69) is 5.32 Å². The van der Waals surface area contributed by atoms with E-state index in [1.807, 2.05) is 0 Å². The zero-order valence-electron chi connectivity index (χ0n) is 13.0. The maximum atomic E-state index is 13.3. The Morgan fingerprint density at radius 2 is 2.17 bits per heavy atom. The number of halogens is 1. The van der Waals surface area contributed by atoms with E-state index >= 15 is 0 Å². The summed E-state index contributed by atoms with van der Waals surface area (Å²) in [6.45, 7) is 1.51. The Morgan fingerprint density at radius 3 is 2.71 bits per heavy atom. The monoisotopic (exact) mass is 375 g/mol. The van der Waals surface area contributed by atoms with Crippen LogP contribution in [-0.4, -0.2) is 47.9 Å². The number of benzene rings is 1. The van der Waals surface area contributed by atoms with Crippen LogP contribution in [0.15, 0.2) is 18.2 Å². The highest BCUT2D eigenvalue weighted by Crippen LogP contribution is 2.24. The average Bonchev–Trinajstić information content (AvgIpc) is 2.84. The van der Waals surface area contributed by atoms with E-state index in [-0.39, 0.29) is 28.1 Å². The minimum atomic E-state index is -3.01. The minimum absolute atomic E-state index is 0.0237. The molecule has 0 radical (unpaired) electrons. The van der Waals surface area contributed by atoms with Crippen molar-refractivity contribution < 1.29 is 27.5 Å². The highest BCUT2D eigenvalue weighted by atomic mass is 32.2. The van der Waals surface area contributed by atoms with E-state index in [9.17, 15) is 27.5 Å². The van der Waals surface area contributed by atoms with Crippen LogP contribution in [0, 0.1) is 12.7 Å². The first-order chi connectivity index (χ1) is 11.2. The number of hydrogen-bond acceptors (Lipinski definition) is 5. The number of thioether (sulfide) groups is 1. The number of amides is 1. The predicted molar refractivity (Wildman–Crippen MR) is 89.2 cm³/mol. The first-order valence-corrected chi connectivity index (χ1v) is 10.2. The van der Waals surface area contributed by atoms with Crippen molar-refractivity contribution in [1.82, 2.24) is 5.32 Å². The molecule has 2 rings (SSSR count). The fourth-order valence-corrected chi connectivity index (χ4v) is 5.88. The molecule has 0 aliphatic carbocycles. The molecular weight excluding hydrogens is 357 g/mol. The molecule has 1 fully saturated rings. The summed E-state index contributed by atoms with van der Waals surface area (Å²) in [7, 11) is -3.01. The van der Waals surface area contributed by atoms with Gasteiger partial charge in [-0.3, -0.25) is 4.79 Å². The highest BCUT2D eigenvalue weighted by Gasteiger charge is 2.29. The van der Waals surface area contributed by atoms with Crippen LogP contribution in [-0.2, 0) is 19.4 Å². The van der Waals surface area contributed by atoms with Gasteiger partial charge in [0.2, 0.25) is 5.91 Å². The maximum absolute atomic E-state index is 13.3. The fourth-order valence-electron chi connectivity index (χ4n) is 2.42. The lowest BCUT2D eigenvalue weighted by molar-refractivity contribution is -0.141. The van der Waals surface area contributed by atoms with Crippen molar-refractivity contribution in [3.63, 3.8) is 0 Å². The molecule has 24 heavy (non-hydrogen) atoms. The number of aryl methyl sites for hydroxylation is 1. The van der Waals surface area contributed by atoms with Crippen LogP contribution >= 0.6 is 11.8 Å². The molecule has 1 aromatic carbocycles. The molecule has 0 saturated carbocycles. The van der Waals surface area contributed by atoms with Gasteiger partial charge in [-0.2, -0.15) is 0 Å². The molecule has 0 aromatic heterocycles. The van der Waals surface area contributed by atoms with E-state index < -0.39 is 33.6 Å². The first kappa shape index (κ1) is 18.7. The molecule has 1 aliphatic heterocycles. The third kappa shape index (κ3) is 4.94. The molecule has 1 aromatic rings. The predicted octanol–water partition coefficient (Wildman–Crippen LogP) is 1.30. The number of nitrogens with one attached hydrogen (secondary N) is 1. The van der Waals surface area contributed by atoms with Crippen LogP contribution < -0.4 is 5.32 Å². The second kappa shape index (κ2) is 7.52. The zero-order chi connectivity index (χ0) is 17.9. The maximum Gasteiger partial charge on any atom is 0.330 e. The summed E-state index contributed by atoms with van der Waals surface area (Å²) >= 11 is 1.20. The lowest BCUT2D eigenvalue weighted by atomic mass is 10.0. The Kier molecular flexibility index (Phi) is 5.87. The molecule has 0 bridgehead atoms. The number of sulfone groups is 1. The van der Waals surface area contributed by atoms with Crippen LogP contribution in [0.5, 0.6) is 0 Å². The van der Waals surface area contributed by atoms with Crippen molar-refractivity contribution in [2.45, 2.75) is 24.6 Å². The van der Waals surface area contributed by atoms with Gasteiger partial charge in [-0.15, -0.1) is 11.8 Å².